The molecule has 148 valence electrons. The zero-order valence-corrected chi connectivity index (χ0v) is 16.3. The molecule has 1 N–H and O–H groups in total. The number of carbonyl (C=O) groups is 3. The van der Waals surface area contributed by atoms with Gasteiger partial charge in [0.2, 0.25) is 11.7 Å². The van der Waals surface area contributed by atoms with Crippen molar-refractivity contribution in [1.29, 1.82) is 0 Å². The minimum Gasteiger partial charge on any atom is -0.457 e. The third-order valence-electron chi connectivity index (χ3n) is 4.99. The summed E-state index contributed by atoms with van der Waals surface area (Å²) in [6, 6.07) is 5.84. The van der Waals surface area contributed by atoms with E-state index in [9.17, 15) is 18.8 Å². The van der Waals surface area contributed by atoms with E-state index in [1.54, 1.807) is 6.07 Å². The Bertz CT molecular complexity index is 962. The molecule has 1 amide bonds. The molecule has 1 aromatic carbocycles. The summed E-state index contributed by atoms with van der Waals surface area (Å²) in [4.78, 5) is 37.0. The first-order chi connectivity index (χ1) is 13.2. The van der Waals surface area contributed by atoms with E-state index in [0.717, 1.165) is 11.4 Å². The normalized spacial score (nSPS) is 15.9. The third-order valence-corrected chi connectivity index (χ3v) is 4.99. The van der Waals surface area contributed by atoms with Gasteiger partial charge in [0.15, 0.2) is 6.61 Å². The van der Waals surface area contributed by atoms with Gasteiger partial charge in [-0.1, -0.05) is 6.07 Å². The second-order valence-corrected chi connectivity index (χ2v) is 7.32. The van der Waals surface area contributed by atoms with Crippen molar-refractivity contribution in [3.05, 3.63) is 52.6 Å². The average molecular weight is 386 g/mol. The molecule has 1 aromatic heterocycles. The van der Waals surface area contributed by atoms with Crippen LogP contribution in [0.5, 0.6) is 0 Å². The van der Waals surface area contributed by atoms with Gasteiger partial charge in [-0.25, -0.2) is 4.39 Å². The molecule has 2 heterocycles. The number of aromatic nitrogens is 1. The lowest BCUT2D eigenvalue weighted by Gasteiger charge is -2.24. The van der Waals surface area contributed by atoms with Gasteiger partial charge < -0.3 is 14.6 Å². The highest BCUT2D eigenvalue weighted by Crippen LogP contribution is 2.33. The number of ether oxygens (including phenoxy) is 1. The highest BCUT2D eigenvalue weighted by Gasteiger charge is 2.32. The average Bonchev–Trinajstić information content (AvgIpc) is 2.92. The number of amides is 1. The zero-order chi connectivity index (χ0) is 20.6. The molecule has 2 aromatic rings. The minimum atomic E-state index is -0.861. The fraction of sp³-hybridized carbons (Fsp3) is 0.381. The molecule has 0 saturated heterocycles. The van der Waals surface area contributed by atoms with E-state index >= 15 is 0 Å². The lowest BCUT2D eigenvalue weighted by Crippen LogP contribution is -2.29. The van der Waals surface area contributed by atoms with E-state index in [4.69, 9.17) is 4.74 Å². The molecule has 0 fully saturated rings. The molecule has 1 aliphatic heterocycles. The quantitative estimate of drug-likeness (QED) is 0.628. The van der Waals surface area contributed by atoms with Crippen molar-refractivity contribution < 1.29 is 23.5 Å². The number of Topliss-reactive ketones (excluding diaryl/α,β-unsaturated/α-hetero) is 1. The van der Waals surface area contributed by atoms with Crippen LogP contribution in [0.25, 0.3) is 0 Å². The molecular formula is C21H23FN2O4. The topological polar surface area (TPSA) is 77.4 Å². The summed E-state index contributed by atoms with van der Waals surface area (Å²) in [5.74, 6) is -2.74. The third kappa shape index (κ3) is 3.69. The Balaban J connectivity index is 1.74. The standard InChI is InChI=1S/C21H23FN2O4/c1-11(2)24-12(3)7-16(13(24)4)19(25)10-28-21(27)17-9-20(26)23-18-8-14(22)5-6-15(17)18/h5-8,11,17H,9-10H2,1-4H3,(H,23,26). The number of halogens is 1. The highest BCUT2D eigenvalue weighted by molar-refractivity contribution is 6.02. The number of hydrogen-bond acceptors (Lipinski definition) is 4. The van der Waals surface area contributed by atoms with Crippen LogP contribution in [0.3, 0.4) is 0 Å². The van der Waals surface area contributed by atoms with E-state index < -0.39 is 30.2 Å². The molecule has 6 nitrogen and oxygen atoms in total. The molecule has 1 unspecified atom stereocenters. The number of esters is 1. The zero-order valence-electron chi connectivity index (χ0n) is 16.3. The lowest BCUT2D eigenvalue weighted by molar-refractivity contribution is -0.145. The van der Waals surface area contributed by atoms with Crippen LogP contribution in [-0.4, -0.2) is 28.8 Å². The summed E-state index contributed by atoms with van der Waals surface area (Å²) in [6.07, 6.45) is -0.104. The summed E-state index contributed by atoms with van der Waals surface area (Å²) in [5.41, 5.74) is 3.04. The van der Waals surface area contributed by atoms with Crippen molar-refractivity contribution in [1.82, 2.24) is 4.57 Å². The number of nitrogens with one attached hydrogen (secondary N) is 1. The summed E-state index contributed by atoms with van der Waals surface area (Å²) in [7, 11) is 0. The van der Waals surface area contributed by atoms with Crippen LogP contribution in [0.15, 0.2) is 24.3 Å². The second kappa shape index (κ2) is 7.58. The number of fused-ring (bicyclic) bond motifs is 1. The van der Waals surface area contributed by atoms with Crippen LogP contribution in [0.4, 0.5) is 10.1 Å². The molecular weight excluding hydrogens is 363 g/mol. The number of aryl methyl sites for hydroxylation is 1. The number of benzene rings is 1. The molecule has 0 bridgehead atoms. The van der Waals surface area contributed by atoms with Crippen LogP contribution in [0.1, 0.15) is 59.5 Å². The monoisotopic (exact) mass is 386 g/mol. The maximum Gasteiger partial charge on any atom is 0.314 e. The molecule has 28 heavy (non-hydrogen) atoms. The smallest absolute Gasteiger partial charge is 0.314 e. The molecule has 3 rings (SSSR count). The summed E-state index contributed by atoms with van der Waals surface area (Å²) in [5, 5.41) is 2.55. The van der Waals surface area contributed by atoms with Gasteiger partial charge in [0.25, 0.3) is 0 Å². The SMILES string of the molecule is Cc1cc(C(=O)COC(=O)C2CC(=O)Nc3cc(F)ccc32)c(C)n1C(C)C. The van der Waals surface area contributed by atoms with Gasteiger partial charge in [-0.15, -0.1) is 0 Å². The Morgan fingerprint density at radius 3 is 2.64 bits per heavy atom. The van der Waals surface area contributed by atoms with Gasteiger partial charge in [-0.05, 0) is 51.5 Å². The molecule has 7 heteroatoms. The van der Waals surface area contributed by atoms with E-state index in [0.29, 0.717) is 11.1 Å². The molecule has 1 atom stereocenters. The first-order valence-corrected chi connectivity index (χ1v) is 9.16. The Morgan fingerprint density at radius 1 is 1.29 bits per heavy atom. The summed E-state index contributed by atoms with van der Waals surface area (Å²) < 4.78 is 20.7. The van der Waals surface area contributed by atoms with Crippen LogP contribution in [0, 0.1) is 19.7 Å². The fourth-order valence-electron chi connectivity index (χ4n) is 3.82. The molecule has 0 aliphatic carbocycles. The van der Waals surface area contributed by atoms with Crippen LogP contribution in [-0.2, 0) is 14.3 Å². The van der Waals surface area contributed by atoms with E-state index in [-0.39, 0.29) is 23.9 Å². The molecule has 0 radical (unpaired) electrons. The minimum absolute atomic E-state index is 0.104. The second-order valence-electron chi connectivity index (χ2n) is 7.32. The first kappa shape index (κ1) is 19.8. The van der Waals surface area contributed by atoms with Crippen molar-refractivity contribution in [2.45, 2.75) is 46.1 Å². The fourth-order valence-corrected chi connectivity index (χ4v) is 3.82. The van der Waals surface area contributed by atoms with Gasteiger partial charge in [0.1, 0.15) is 5.82 Å². The number of anilines is 1. The maximum absolute atomic E-state index is 13.4. The molecule has 1 aliphatic rings. The molecule has 0 saturated carbocycles. The van der Waals surface area contributed by atoms with E-state index in [1.807, 2.05) is 32.3 Å². The number of hydrogen-bond donors (Lipinski definition) is 1. The van der Waals surface area contributed by atoms with Crippen LogP contribution in [0.2, 0.25) is 0 Å². The van der Waals surface area contributed by atoms with Gasteiger partial charge in [-0.3, -0.25) is 14.4 Å². The van der Waals surface area contributed by atoms with Gasteiger partial charge >= 0.3 is 5.97 Å². The molecule has 0 spiro atoms. The Morgan fingerprint density at radius 2 is 2.00 bits per heavy atom. The largest absolute Gasteiger partial charge is 0.457 e. The Hall–Kier alpha value is -2.96. The number of carbonyl (C=O) groups excluding carboxylic acids is 3. The van der Waals surface area contributed by atoms with Crippen molar-refractivity contribution in [3.63, 3.8) is 0 Å². The Labute approximate surface area is 162 Å². The first-order valence-electron chi connectivity index (χ1n) is 9.16. The van der Waals surface area contributed by atoms with Crippen LogP contribution >= 0.6 is 0 Å². The van der Waals surface area contributed by atoms with Gasteiger partial charge in [0, 0.05) is 35.1 Å². The van der Waals surface area contributed by atoms with Crippen molar-refractivity contribution >= 4 is 23.3 Å². The van der Waals surface area contributed by atoms with E-state index in [2.05, 4.69) is 5.32 Å². The summed E-state index contributed by atoms with van der Waals surface area (Å²) >= 11 is 0. The lowest BCUT2D eigenvalue weighted by atomic mass is 9.90. The number of rotatable bonds is 5. The van der Waals surface area contributed by atoms with Gasteiger partial charge in [0.05, 0.1) is 5.92 Å². The maximum atomic E-state index is 13.4. The summed E-state index contributed by atoms with van der Waals surface area (Å²) in [6.45, 7) is 7.44. The number of nitrogens with zero attached hydrogens (tertiary/aromatic N) is 1. The Kier molecular flexibility index (Phi) is 5.36. The predicted octanol–water partition coefficient (Wildman–Crippen LogP) is 3.68. The van der Waals surface area contributed by atoms with Gasteiger partial charge in [-0.2, -0.15) is 0 Å². The van der Waals surface area contributed by atoms with Crippen LogP contribution < -0.4 is 5.32 Å². The number of ketones is 1. The predicted molar refractivity (Wildman–Crippen MR) is 102 cm³/mol. The van der Waals surface area contributed by atoms with E-state index in [1.165, 1.54) is 18.2 Å². The highest BCUT2D eigenvalue weighted by atomic mass is 19.1. The van der Waals surface area contributed by atoms with Crippen molar-refractivity contribution in [2.75, 3.05) is 11.9 Å². The van der Waals surface area contributed by atoms with Crippen molar-refractivity contribution in [2.24, 2.45) is 0 Å². The van der Waals surface area contributed by atoms with Crippen molar-refractivity contribution in [3.8, 4) is 0 Å².